The van der Waals surface area contributed by atoms with E-state index in [1.807, 2.05) is 0 Å². The largest absolute Gasteiger partial charge is 0.369 e. The predicted molar refractivity (Wildman–Crippen MR) is 67.0 cm³/mol. The summed E-state index contributed by atoms with van der Waals surface area (Å²) in [4.78, 5) is 11.3. The molecule has 1 fully saturated rings. The summed E-state index contributed by atoms with van der Waals surface area (Å²) >= 11 is 0. The van der Waals surface area contributed by atoms with Crippen LogP contribution in [-0.2, 0) is 4.79 Å². The number of primary amides is 1. The molecular weight excluding hydrogens is 200 g/mol. The summed E-state index contributed by atoms with van der Waals surface area (Å²) in [5, 5.41) is 3.46. The van der Waals surface area contributed by atoms with Gasteiger partial charge in [0.15, 0.2) is 0 Å². The maximum absolute atomic E-state index is 11.3. The van der Waals surface area contributed by atoms with Crippen LogP contribution in [0.15, 0.2) is 12.2 Å². The zero-order chi connectivity index (χ0) is 11.8. The van der Waals surface area contributed by atoms with Gasteiger partial charge in [-0.05, 0) is 32.2 Å². The summed E-state index contributed by atoms with van der Waals surface area (Å²) in [6.07, 6.45) is 10.9. The van der Waals surface area contributed by atoms with Gasteiger partial charge in [0.05, 0.1) is 5.92 Å². The van der Waals surface area contributed by atoms with Crippen LogP contribution in [-0.4, -0.2) is 18.5 Å². The molecule has 0 heterocycles. The lowest BCUT2D eigenvalue weighted by Gasteiger charge is -2.30. The summed E-state index contributed by atoms with van der Waals surface area (Å²) in [7, 11) is 0. The quantitative estimate of drug-likeness (QED) is 0.535. The van der Waals surface area contributed by atoms with Gasteiger partial charge in [-0.2, -0.15) is 0 Å². The molecule has 0 bridgehead atoms. The highest BCUT2D eigenvalue weighted by Crippen LogP contribution is 2.23. The molecule has 3 nitrogen and oxygen atoms in total. The van der Waals surface area contributed by atoms with E-state index < -0.39 is 0 Å². The van der Waals surface area contributed by atoms with Crippen molar-refractivity contribution in [2.45, 2.75) is 51.5 Å². The average molecular weight is 224 g/mol. The molecule has 0 saturated heterocycles. The number of allylic oxidation sites excluding steroid dienone is 1. The summed E-state index contributed by atoms with van der Waals surface area (Å²) in [6.45, 7) is 3.08. The van der Waals surface area contributed by atoms with Gasteiger partial charge in [0.1, 0.15) is 0 Å². The fraction of sp³-hybridized carbons (Fsp3) is 0.769. The molecule has 1 rings (SSSR count). The van der Waals surface area contributed by atoms with Gasteiger partial charge in [0.25, 0.3) is 0 Å². The number of carbonyl (C=O) groups excluding carboxylic acids is 1. The molecule has 3 N–H and O–H groups in total. The topological polar surface area (TPSA) is 55.1 Å². The Bertz CT molecular complexity index is 238. The summed E-state index contributed by atoms with van der Waals surface area (Å²) < 4.78 is 0. The molecule has 92 valence electrons. The Hall–Kier alpha value is -0.830. The van der Waals surface area contributed by atoms with Crippen molar-refractivity contribution in [2.24, 2.45) is 11.7 Å². The molecule has 3 heteroatoms. The molecule has 0 aromatic rings. The molecule has 0 unspecified atom stereocenters. The zero-order valence-electron chi connectivity index (χ0n) is 10.2. The van der Waals surface area contributed by atoms with E-state index in [0.29, 0.717) is 6.04 Å². The van der Waals surface area contributed by atoms with E-state index in [2.05, 4.69) is 24.4 Å². The van der Waals surface area contributed by atoms with Crippen molar-refractivity contribution in [2.75, 3.05) is 6.54 Å². The molecule has 1 amide bonds. The summed E-state index contributed by atoms with van der Waals surface area (Å²) in [5.74, 6) is -0.0924. The van der Waals surface area contributed by atoms with Crippen molar-refractivity contribution < 1.29 is 4.79 Å². The molecule has 0 aromatic heterocycles. The normalized spacial score (nSPS) is 26.1. The van der Waals surface area contributed by atoms with Crippen LogP contribution in [0.1, 0.15) is 45.4 Å². The van der Waals surface area contributed by atoms with Crippen molar-refractivity contribution in [3.63, 3.8) is 0 Å². The van der Waals surface area contributed by atoms with Crippen LogP contribution in [0.5, 0.6) is 0 Å². The molecule has 2 atom stereocenters. The van der Waals surface area contributed by atoms with Crippen LogP contribution in [0.3, 0.4) is 0 Å². The third-order valence-corrected chi connectivity index (χ3v) is 3.25. The number of carbonyl (C=O) groups is 1. The molecular formula is C13H24N2O. The third-order valence-electron chi connectivity index (χ3n) is 3.25. The first-order chi connectivity index (χ1) is 7.75. The number of amides is 1. The first kappa shape index (κ1) is 13.2. The van der Waals surface area contributed by atoms with Crippen LogP contribution in [0.25, 0.3) is 0 Å². The SMILES string of the molecule is CC/C=C/CCN[C@H]1CCCC[C@@H]1C(N)=O. The highest BCUT2D eigenvalue weighted by atomic mass is 16.1. The Morgan fingerprint density at radius 2 is 2.12 bits per heavy atom. The number of rotatable bonds is 6. The van der Waals surface area contributed by atoms with Crippen LogP contribution in [0, 0.1) is 5.92 Å². The van der Waals surface area contributed by atoms with Crippen molar-refractivity contribution in [1.29, 1.82) is 0 Å². The Balaban J connectivity index is 2.27. The van der Waals surface area contributed by atoms with Gasteiger partial charge in [-0.25, -0.2) is 0 Å². The Morgan fingerprint density at radius 3 is 2.81 bits per heavy atom. The van der Waals surface area contributed by atoms with E-state index in [-0.39, 0.29) is 11.8 Å². The van der Waals surface area contributed by atoms with Gasteiger partial charge < -0.3 is 11.1 Å². The third kappa shape index (κ3) is 4.35. The second-order valence-electron chi connectivity index (χ2n) is 4.52. The van der Waals surface area contributed by atoms with Crippen molar-refractivity contribution in [3.8, 4) is 0 Å². The summed E-state index contributed by atoms with van der Waals surface area (Å²) in [6, 6.07) is 0.307. The number of nitrogens with one attached hydrogen (secondary N) is 1. The monoisotopic (exact) mass is 224 g/mol. The predicted octanol–water partition coefficient (Wildman–Crippen LogP) is 1.98. The van der Waals surface area contributed by atoms with E-state index >= 15 is 0 Å². The minimum Gasteiger partial charge on any atom is -0.369 e. The lowest BCUT2D eigenvalue weighted by Crippen LogP contribution is -2.44. The zero-order valence-corrected chi connectivity index (χ0v) is 10.2. The number of hydrogen-bond donors (Lipinski definition) is 2. The lowest BCUT2D eigenvalue weighted by atomic mass is 9.84. The van der Waals surface area contributed by atoms with Crippen LogP contribution in [0.4, 0.5) is 0 Å². The minimum absolute atomic E-state index is 0.0453. The molecule has 0 radical (unpaired) electrons. The van der Waals surface area contributed by atoms with Crippen LogP contribution < -0.4 is 11.1 Å². The highest BCUT2D eigenvalue weighted by molar-refractivity contribution is 5.77. The molecule has 0 spiro atoms. The van der Waals surface area contributed by atoms with Gasteiger partial charge in [-0.1, -0.05) is 31.9 Å². The first-order valence-corrected chi connectivity index (χ1v) is 6.43. The van der Waals surface area contributed by atoms with Gasteiger partial charge in [0.2, 0.25) is 5.91 Å². The van der Waals surface area contributed by atoms with Gasteiger partial charge in [-0.15, -0.1) is 0 Å². The van der Waals surface area contributed by atoms with Gasteiger partial charge in [-0.3, -0.25) is 4.79 Å². The van der Waals surface area contributed by atoms with Crippen LogP contribution >= 0.6 is 0 Å². The maximum atomic E-state index is 11.3. The highest BCUT2D eigenvalue weighted by Gasteiger charge is 2.28. The summed E-state index contributed by atoms with van der Waals surface area (Å²) in [5.41, 5.74) is 5.42. The average Bonchev–Trinajstić information content (AvgIpc) is 2.29. The minimum atomic E-state index is -0.138. The first-order valence-electron chi connectivity index (χ1n) is 6.43. The van der Waals surface area contributed by atoms with Crippen molar-refractivity contribution in [3.05, 3.63) is 12.2 Å². The van der Waals surface area contributed by atoms with E-state index in [1.165, 1.54) is 6.42 Å². The molecule has 1 saturated carbocycles. The van der Waals surface area contributed by atoms with Gasteiger partial charge >= 0.3 is 0 Å². The van der Waals surface area contributed by atoms with E-state index in [9.17, 15) is 4.79 Å². The van der Waals surface area contributed by atoms with E-state index in [1.54, 1.807) is 0 Å². The Kier molecular flexibility index (Phi) is 6.16. The van der Waals surface area contributed by atoms with E-state index in [4.69, 9.17) is 5.73 Å². The molecule has 0 aliphatic heterocycles. The van der Waals surface area contributed by atoms with Gasteiger partial charge in [0, 0.05) is 6.04 Å². The lowest BCUT2D eigenvalue weighted by molar-refractivity contribution is -0.123. The maximum Gasteiger partial charge on any atom is 0.222 e. The standard InChI is InChI=1S/C13H24N2O/c1-2-3-4-7-10-15-12-9-6-5-8-11(12)13(14)16/h3-4,11-12,15H,2,5-10H2,1H3,(H2,14,16)/b4-3+/t11-,12-/m0/s1. The smallest absolute Gasteiger partial charge is 0.222 e. The molecule has 0 aromatic carbocycles. The van der Waals surface area contributed by atoms with Crippen molar-refractivity contribution in [1.82, 2.24) is 5.32 Å². The van der Waals surface area contributed by atoms with Crippen LogP contribution in [0.2, 0.25) is 0 Å². The number of nitrogens with two attached hydrogens (primary N) is 1. The molecule has 16 heavy (non-hydrogen) atoms. The van der Waals surface area contributed by atoms with Crippen molar-refractivity contribution >= 4 is 5.91 Å². The molecule has 1 aliphatic rings. The second kappa shape index (κ2) is 7.44. The van der Waals surface area contributed by atoms with E-state index in [0.717, 1.165) is 38.6 Å². The fourth-order valence-corrected chi connectivity index (χ4v) is 2.35. The number of hydrogen-bond acceptors (Lipinski definition) is 2. The molecule has 1 aliphatic carbocycles. The fourth-order valence-electron chi connectivity index (χ4n) is 2.35. The Morgan fingerprint density at radius 1 is 1.38 bits per heavy atom. The second-order valence-corrected chi connectivity index (χ2v) is 4.52. The Labute approximate surface area is 98.5 Å².